The first-order chi connectivity index (χ1) is 10.1. The minimum atomic E-state index is -0.813. The number of nitrogens with one attached hydrogen (secondary N) is 1. The van der Waals surface area contributed by atoms with Gasteiger partial charge in [-0.15, -0.1) is 0 Å². The van der Waals surface area contributed by atoms with Crippen LogP contribution in [-0.2, 0) is 11.2 Å². The molecule has 21 heavy (non-hydrogen) atoms. The summed E-state index contributed by atoms with van der Waals surface area (Å²) in [7, 11) is 0. The average Bonchev–Trinajstić information content (AvgIpc) is 2.49. The molecule has 114 valence electrons. The first-order valence-corrected chi connectivity index (χ1v) is 7.38. The van der Waals surface area contributed by atoms with Crippen LogP contribution >= 0.6 is 0 Å². The van der Waals surface area contributed by atoms with E-state index in [1.807, 2.05) is 12.1 Å². The van der Waals surface area contributed by atoms with E-state index in [1.54, 1.807) is 4.90 Å². The maximum atomic E-state index is 12.1. The van der Waals surface area contributed by atoms with Gasteiger partial charge in [-0.1, -0.05) is 24.3 Å². The fraction of sp³-hybridized carbons (Fsp3) is 0.500. The third-order valence-corrected chi connectivity index (χ3v) is 3.99. The molecule has 2 N–H and O–H groups in total. The first kappa shape index (κ1) is 15.4. The fourth-order valence-corrected chi connectivity index (χ4v) is 2.67. The number of hydrogen-bond acceptors (Lipinski definition) is 2. The molecule has 1 aliphatic heterocycles. The molecule has 2 rings (SSSR count). The summed E-state index contributed by atoms with van der Waals surface area (Å²) in [6.07, 6.45) is 2.19. The number of benzene rings is 1. The second-order valence-electron chi connectivity index (χ2n) is 5.53. The summed E-state index contributed by atoms with van der Waals surface area (Å²) in [5.74, 6) is -1.24. The number of carboxylic acid groups (broad SMARTS) is 1. The zero-order valence-corrected chi connectivity index (χ0v) is 12.3. The van der Waals surface area contributed by atoms with Crippen LogP contribution in [0.2, 0.25) is 0 Å². The highest BCUT2D eigenvalue weighted by Crippen LogP contribution is 2.16. The van der Waals surface area contributed by atoms with E-state index in [0.29, 0.717) is 26.1 Å². The molecule has 0 aromatic heterocycles. The Balaban J connectivity index is 1.79. The Morgan fingerprint density at radius 2 is 2.14 bits per heavy atom. The number of carbonyl (C=O) groups is 2. The van der Waals surface area contributed by atoms with E-state index >= 15 is 0 Å². The van der Waals surface area contributed by atoms with Gasteiger partial charge in [0.15, 0.2) is 0 Å². The van der Waals surface area contributed by atoms with Crippen molar-refractivity contribution in [1.29, 1.82) is 0 Å². The van der Waals surface area contributed by atoms with Gasteiger partial charge in [0, 0.05) is 19.6 Å². The van der Waals surface area contributed by atoms with Crippen molar-refractivity contribution < 1.29 is 14.7 Å². The number of hydrogen-bond donors (Lipinski definition) is 2. The van der Waals surface area contributed by atoms with Gasteiger partial charge in [-0.05, 0) is 37.3 Å². The summed E-state index contributed by atoms with van der Waals surface area (Å²) < 4.78 is 0. The summed E-state index contributed by atoms with van der Waals surface area (Å²) in [6.45, 7) is 3.57. The molecule has 1 aliphatic rings. The molecular formula is C16H22N2O3. The molecule has 0 radical (unpaired) electrons. The molecule has 1 atom stereocenters. The van der Waals surface area contributed by atoms with Crippen LogP contribution in [0.5, 0.6) is 0 Å². The van der Waals surface area contributed by atoms with Gasteiger partial charge < -0.3 is 15.3 Å². The van der Waals surface area contributed by atoms with Gasteiger partial charge in [0.05, 0.1) is 5.92 Å². The Labute approximate surface area is 125 Å². The second-order valence-corrected chi connectivity index (χ2v) is 5.53. The summed E-state index contributed by atoms with van der Waals surface area (Å²) in [4.78, 5) is 24.7. The number of amides is 2. The lowest BCUT2D eigenvalue weighted by Gasteiger charge is -2.30. The molecule has 0 unspecified atom stereocenters. The minimum Gasteiger partial charge on any atom is -0.481 e. The first-order valence-electron chi connectivity index (χ1n) is 7.38. The normalized spacial score (nSPS) is 18.3. The molecule has 1 fully saturated rings. The van der Waals surface area contributed by atoms with E-state index in [2.05, 4.69) is 24.4 Å². The minimum absolute atomic E-state index is 0.158. The Hall–Kier alpha value is -2.04. The van der Waals surface area contributed by atoms with Gasteiger partial charge in [0.1, 0.15) is 0 Å². The summed E-state index contributed by atoms with van der Waals surface area (Å²) >= 11 is 0. The zero-order valence-electron chi connectivity index (χ0n) is 12.3. The second kappa shape index (κ2) is 7.11. The van der Waals surface area contributed by atoms with E-state index in [4.69, 9.17) is 5.11 Å². The number of rotatable bonds is 4. The van der Waals surface area contributed by atoms with Crippen molar-refractivity contribution in [1.82, 2.24) is 10.2 Å². The van der Waals surface area contributed by atoms with Crippen molar-refractivity contribution in [3.63, 3.8) is 0 Å². The maximum absolute atomic E-state index is 12.1. The lowest BCUT2D eigenvalue weighted by atomic mass is 9.99. The average molecular weight is 290 g/mol. The van der Waals surface area contributed by atoms with Crippen molar-refractivity contribution in [2.75, 3.05) is 19.6 Å². The lowest BCUT2D eigenvalue weighted by Crippen LogP contribution is -2.47. The van der Waals surface area contributed by atoms with Gasteiger partial charge in [0.25, 0.3) is 0 Å². The smallest absolute Gasteiger partial charge is 0.317 e. The summed E-state index contributed by atoms with van der Waals surface area (Å²) in [6, 6.07) is 7.94. The van der Waals surface area contributed by atoms with Crippen LogP contribution in [0.3, 0.4) is 0 Å². The fourth-order valence-electron chi connectivity index (χ4n) is 2.67. The summed E-state index contributed by atoms with van der Waals surface area (Å²) in [5, 5.41) is 11.9. The van der Waals surface area contributed by atoms with Crippen LogP contribution in [0.15, 0.2) is 24.3 Å². The molecule has 5 nitrogen and oxygen atoms in total. The van der Waals surface area contributed by atoms with Crippen molar-refractivity contribution in [3.05, 3.63) is 35.4 Å². The highest BCUT2D eigenvalue weighted by Gasteiger charge is 2.27. The molecule has 1 aromatic carbocycles. The Morgan fingerprint density at radius 3 is 2.86 bits per heavy atom. The predicted octanol–water partition coefficient (Wildman–Crippen LogP) is 2.04. The van der Waals surface area contributed by atoms with Crippen LogP contribution in [0, 0.1) is 12.8 Å². The van der Waals surface area contributed by atoms with Crippen LogP contribution < -0.4 is 5.32 Å². The van der Waals surface area contributed by atoms with Gasteiger partial charge in [-0.25, -0.2) is 4.79 Å². The zero-order chi connectivity index (χ0) is 15.2. The number of aryl methyl sites for hydroxylation is 1. The quantitative estimate of drug-likeness (QED) is 0.891. The molecule has 0 saturated carbocycles. The highest BCUT2D eigenvalue weighted by molar-refractivity contribution is 5.76. The molecule has 0 aliphatic carbocycles. The number of aliphatic carboxylic acids is 1. The van der Waals surface area contributed by atoms with Crippen molar-refractivity contribution in [2.24, 2.45) is 5.92 Å². The van der Waals surface area contributed by atoms with Gasteiger partial charge in [0.2, 0.25) is 0 Å². The third kappa shape index (κ3) is 4.21. The number of likely N-dealkylation sites (tertiary alicyclic amines) is 1. The van der Waals surface area contributed by atoms with E-state index in [-0.39, 0.29) is 6.03 Å². The van der Waals surface area contributed by atoms with Crippen molar-refractivity contribution >= 4 is 12.0 Å². The topological polar surface area (TPSA) is 69.6 Å². The highest BCUT2D eigenvalue weighted by atomic mass is 16.4. The van der Waals surface area contributed by atoms with E-state index in [9.17, 15) is 9.59 Å². The van der Waals surface area contributed by atoms with Gasteiger partial charge in [-0.2, -0.15) is 0 Å². The number of carboxylic acids is 1. The van der Waals surface area contributed by atoms with Crippen LogP contribution in [0.1, 0.15) is 24.0 Å². The van der Waals surface area contributed by atoms with Gasteiger partial charge in [-0.3, -0.25) is 4.79 Å². The Kier molecular flexibility index (Phi) is 5.20. The largest absolute Gasteiger partial charge is 0.481 e. The monoisotopic (exact) mass is 290 g/mol. The van der Waals surface area contributed by atoms with Crippen LogP contribution in [0.25, 0.3) is 0 Å². The molecular weight excluding hydrogens is 268 g/mol. The van der Waals surface area contributed by atoms with Crippen molar-refractivity contribution in [2.45, 2.75) is 26.2 Å². The van der Waals surface area contributed by atoms with E-state index in [0.717, 1.165) is 12.8 Å². The predicted molar refractivity (Wildman–Crippen MR) is 80.2 cm³/mol. The van der Waals surface area contributed by atoms with Crippen molar-refractivity contribution in [3.8, 4) is 0 Å². The molecule has 1 saturated heterocycles. The standard InChI is InChI=1S/C16H22N2O3/c1-12-5-2-3-6-13(12)8-9-17-16(21)18-10-4-7-14(11-18)15(19)20/h2-3,5-6,14H,4,7-11H2,1H3,(H,17,21)(H,19,20)/t14-/m1/s1. The summed E-state index contributed by atoms with van der Waals surface area (Å²) in [5.41, 5.74) is 2.44. The van der Waals surface area contributed by atoms with E-state index < -0.39 is 11.9 Å². The molecule has 0 spiro atoms. The number of carbonyl (C=O) groups excluding carboxylic acids is 1. The molecule has 1 heterocycles. The SMILES string of the molecule is Cc1ccccc1CCNC(=O)N1CCC[C@@H](C(=O)O)C1. The lowest BCUT2D eigenvalue weighted by molar-refractivity contribution is -0.143. The maximum Gasteiger partial charge on any atom is 0.317 e. The Morgan fingerprint density at radius 1 is 1.38 bits per heavy atom. The number of piperidine rings is 1. The van der Waals surface area contributed by atoms with E-state index in [1.165, 1.54) is 11.1 Å². The van der Waals surface area contributed by atoms with Crippen LogP contribution in [-0.4, -0.2) is 41.6 Å². The number of nitrogens with zero attached hydrogens (tertiary/aromatic N) is 1. The third-order valence-electron chi connectivity index (χ3n) is 3.99. The number of urea groups is 1. The molecule has 1 aromatic rings. The van der Waals surface area contributed by atoms with Crippen LogP contribution in [0.4, 0.5) is 4.79 Å². The molecule has 0 bridgehead atoms. The molecule has 2 amide bonds. The Bertz CT molecular complexity index is 516. The molecule has 5 heteroatoms. The van der Waals surface area contributed by atoms with Gasteiger partial charge >= 0.3 is 12.0 Å².